The molecule has 0 aliphatic carbocycles. The average molecular weight is 401 g/mol. The van der Waals surface area contributed by atoms with Gasteiger partial charge in [-0.2, -0.15) is 0 Å². The summed E-state index contributed by atoms with van der Waals surface area (Å²) in [6.07, 6.45) is 0. The van der Waals surface area contributed by atoms with Crippen molar-refractivity contribution in [2.45, 2.75) is 20.8 Å². The molecule has 0 saturated carbocycles. The second-order valence-corrected chi connectivity index (χ2v) is 6.72. The van der Waals surface area contributed by atoms with Crippen molar-refractivity contribution in [1.82, 2.24) is 9.88 Å². The summed E-state index contributed by atoms with van der Waals surface area (Å²) in [4.78, 5) is 42.0. The number of ether oxygens (including phenoxy) is 2. The minimum atomic E-state index is -0.531. The van der Waals surface area contributed by atoms with E-state index >= 15 is 0 Å². The molecule has 0 aliphatic rings. The van der Waals surface area contributed by atoms with E-state index < -0.39 is 5.97 Å². The molecule has 0 aliphatic heterocycles. The van der Waals surface area contributed by atoms with Crippen LogP contribution in [-0.2, 0) is 9.53 Å². The van der Waals surface area contributed by atoms with Gasteiger partial charge in [-0.25, -0.2) is 4.79 Å². The van der Waals surface area contributed by atoms with Crippen LogP contribution in [0.5, 0.6) is 5.75 Å². The number of aromatic amines is 1. The molecule has 8 heteroatoms. The number of methoxy groups -OCH3 is 1. The smallest absolute Gasteiger partial charge is 0.340 e. The van der Waals surface area contributed by atoms with Crippen molar-refractivity contribution >= 4 is 23.3 Å². The van der Waals surface area contributed by atoms with Crippen molar-refractivity contribution in [3.63, 3.8) is 0 Å². The third kappa shape index (κ3) is 5.68. The molecule has 0 spiro atoms. The lowest BCUT2D eigenvalue weighted by atomic mass is 10.0. The lowest BCUT2D eigenvalue weighted by Crippen LogP contribution is -2.34. The first-order valence-electron chi connectivity index (χ1n) is 9.28. The van der Waals surface area contributed by atoms with Crippen LogP contribution in [-0.4, -0.2) is 61.4 Å². The maximum Gasteiger partial charge on any atom is 0.340 e. The molecule has 0 atom stereocenters. The van der Waals surface area contributed by atoms with Crippen LogP contribution in [0.3, 0.4) is 0 Å². The highest BCUT2D eigenvalue weighted by Crippen LogP contribution is 2.21. The largest absolute Gasteiger partial charge is 0.497 e. The van der Waals surface area contributed by atoms with Gasteiger partial charge in [-0.3, -0.25) is 14.5 Å². The third-order valence-electron chi connectivity index (χ3n) is 4.31. The Bertz CT molecular complexity index is 904. The minimum Gasteiger partial charge on any atom is -0.497 e. The number of likely N-dealkylation sites (N-methyl/N-ethyl adjacent to an activating group) is 1. The predicted octanol–water partition coefficient (Wildman–Crippen LogP) is 2.57. The number of ketones is 1. The topological polar surface area (TPSA) is 101 Å². The lowest BCUT2D eigenvalue weighted by Gasteiger charge is -2.16. The van der Waals surface area contributed by atoms with Gasteiger partial charge in [0.1, 0.15) is 5.75 Å². The fourth-order valence-electron chi connectivity index (χ4n) is 3.11. The second-order valence-electron chi connectivity index (χ2n) is 6.72. The maximum absolute atomic E-state index is 12.8. The van der Waals surface area contributed by atoms with Crippen LogP contribution in [0.4, 0.5) is 5.69 Å². The highest BCUT2D eigenvalue weighted by atomic mass is 16.5. The van der Waals surface area contributed by atoms with Crippen LogP contribution in [0.1, 0.15) is 39.0 Å². The first-order valence-corrected chi connectivity index (χ1v) is 9.28. The quantitative estimate of drug-likeness (QED) is 0.495. The normalized spacial score (nSPS) is 10.7. The summed E-state index contributed by atoms with van der Waals surface area (Å²) >= 11 is 0. The molecule has 2 rings (SSSR count). The number of hydrogen-bond acceptors (Lipinski definition) is 6. The fraction of sp³-hybridized carbons (Fsp3) is 0.381. The number of anilines is 1. The number of aryl methyl sites for hydroxylation is 2. The standard InChI is InChI=1S/C21H27N3O5/c1-6-29-21(27)20-14(3)22-13(2)19(20)17(25)11-24(4)12-18(26)23-15-8-7-9-16(10-15)28-5/h7-10,22H,6,11-12H2,1-5H3,(H,23,26). The van der Waals surface area contributed by atoms with Gasteiger partial charge in [0.2, 0.25) is 5.91 Å². The summed E-state index contributed by atoms with van der Waals surface area (Å²) < 4.78 is 10.2. The van der Waals surface area contributed by atoms with Crippen LogP contribution in [0.2, 0.25) is 0 Å². The first-order chi connectivity index (χ1) is 13.8. The van der Waals surface area contributed by atoms with Gasteiger partial charge in [-0.15, -0.1) is 0 Å². The number of hydrogen-bond donors (Lipinski definition) is 2. The van der Waals surface area contributed by atoms with E-state index in [0.29, 0.717) is 28.4 Å². The molecule has 8 nitrogen and oxygen atoms in total. The number of rotatable bonds is 9. The molecule has 0 fully saturated rings. The van der Waals surface area contributed by atoms with E-state index in [1.807, 2.05) is 0 Å². The number of aromatic nitrogens is 1. The van der Waals surface area contributed by atoms with Crippen LogP contribution >= 0.6 is 0 Å². The van der Waals surface area contributed by atoms with Crippen LogP contribution in [0, 0.1) is 13.8 Å². The molecule has 1 amide bonds. The molecular formula is C21H27N3O5. The zero-order valence-electron chi connectivity index (χ0n) is 17.4. The molecule has 0 saturated heterocycles. The Morgan fingerprint density at radius 3 is 2.45 bits per heavy atom. The van der Waals surface area contributed by atoms with Gasteiger partial charge in [0, 0.05) is 23.1 Å². The SMILES string of the molecule is CCOC(=O)c1c(C)[nH]c(C)c1C(=O)CN(C)CC(=O)Nc1cccc(OC)c1. The summed E-state index contributed by atoms with van der Waals surface area (Å²) in [5.41, 5.74) is 2.35. The van der Waals surface area contributed by atoms with Gasteiger partial charge in [0.05, 0.1) is 37.9 Å². The Labute approximate surface area is 170 Å². The molecule has 0 radical (unpaired) electrons. The Hall–Kier alpha value is -3.13. The number of nitrogens with one attached hydrogen (secondary N) is 2. The maximum atomic E-state index is 12.8. The Kier molecular flexibility index (Phi) is 7.55. The van der Waals surface area contributed by atoms with Gasteiger partial charge in [-0.1, -0.05) is 6.07 Å². The van der Waals surface area contributed by atoms with E-state index in [0.717, 1.165) is 0 Å². The molecule has 1 heterocycles. The van der Waals surface area contributed by atoms with Crippen molar-refractivity contribution in [1.29, 1.82) is 0 Å². The third-order valence-corrected chi connectivity index (χ3v) is 4.31. The monoisotopic (exact) mass is 401 g/mol. The summed E-state index contributed by atoms with van der Waals surface area (Å²) in [5, 5.41) is 2.77. The number of H-pyrrole nitrogens is 1. The Morgan fingerprint density at radius 2 is 1.79 bits per heavy atom. The Morgan fingerprint density at radius 1 is 1.10 bits per heavy atom. The molecule has 2 aromatic rings. The first kappa shape index (κ1) is 22.2. The number of benzene rings is 1. The van der Waals surface area contributed by atoms with Gasteiger partial charge in [-0.05, 0) is 40.0 Å². The number of nitrogens with zero attached hydrogens (tertiary/aromatic N) is 1. The highest BCUT2D eigenvalue weighted by Gasteiger charge is 2.26. The Balaban J connectivity index is 2.03. The van der Waals surface area contributed by atoms with Crippen molar-refractivity contribution in [2.75, 3.05) is 39.2 Å². The average Bonchev–Trinajstić information content (AvgIpc) is 2.95. The van der Waals surface area contributed by atoms with Gasteiger partial charge in [0.25, 0.3) is 0 Å². The molecule has 1 aromatic carbocycles. The molecule has 156 valence electrons. The lowest BCUT2D eigenvalue weighted by molar-refractivity contribution is -0.116. The summed E-state index contributed by atoms with van der Waals surface area (Å²) in [5.74, 6) is -0.417. The number of esters is 1. The van der Waals surface area contributed by atoms with Crippen LogP contribution in [0.25, 0.3) is 0 Å². The highest BCUT2D eigenvalue weighted by molar-refractivity contribution is 6.09. The number of amides is 1. The van der Waals surface area contributed by atoms with Gasteiger partial charge < -0.3 is 19.8 Å². The summed E-state index contributed by atoms with van der Waals surface area (Å²) in [6, 6.07) is 7.02. The fourth-order valence-corrected chi connectivity index (χ4v) is 3.11. The minimum absolute atomic E-state index is 0.0140. The van der Waals surface area contributed by atoms with Crippen molar-refractivity contribution < 1.29 is 23.9 Å². The van der Waals surface area contributed by atoms with E-state index in [1.165, 1.54) is 0 Å². The van der Waals surface area contributed by atoms with E-state index in [-0.39, 0.29) is 37.0 Å². The van der Waals surface area contributed by atoms with E-state index in [1.54, 1.807) is 64.1 Å². The van der Waals surface area contributed by atoms with E-state index in [2.05, 4.69) is 10.3 Å². The van der Waals surface area contributed by atoms with Crippen LogP contribution in [0.15, 0.2) is 24.3 Å². The number of Topliss-reactive ketones (excluding diaryl/α,β-unsaturated/α-hetero) is 1. The number of carbonyl (C=O) groups excluding carboxylic acids is 3. The zero-order valence-corrected chi connectivity index (χ0v) is 17.4. The van der Waals surface area contributed by atoms with Gasteiger partial charge >= 0.3 is 5.97 Å². The number of carbonyl (C=O) groups is 3. The predicted molar refractivity (Wildman–Crippen MR) is 110 cm³/mol. The van der Waals surface area contributed by atoms with Gasteiger partial charge in [0.15, 0.2) is 5.78 Å². The molecular weight excluding hydrogens is 374 g/mol. The molecule has 2 N–H and O–H groups in total. The molecule has 0 unspecified atom stereocenters. The summed E-state index contributed by atoms with van der Waals surface area (Å²) in [7, 11) is 3.22. The van der Waals surface area contributed by atoms with Crippen molar-refractivity contribution in [3.8, 4) is 5.75 Å². The van der Waals surface area contributed by atoms with Crippen LogP contribution < -0.4 is 10.1 Å². The zero-order chi connectivity index (χ0) is 21.6. The second kappa shape index (κ2) is 9.88. The molecule has 1 aromatic heterocycles. The van der Waals surface area contributed by atoms with E-state index in [9.17, 15) is 14.4 Å². The molecule has 0 bridgehead atoms. The molecule has 29 heavy (non-hydrogen) atoms. The van der Waals surface area contributed by atoms with E-state index in [4.69, 9.17) is 9.47 Å². The van der Waals surface area contributed by atoms with Crippen molar-refractivity contribution in [3.05, 3.63) is 46.8 Å². The summed E-state index contributed by atoms with van der Waals surface area (Å²) in [6.45, 7) is 5.39. The van der Waals surface area contributed by atoms with Crippen molar-refractivity contribution in [2.24, 2.45) is 0 Å².